The molecule has 0 aliphatic heterocycles. The molecule has 0 fully saturated rings. The van der Waals surface area contributed by atoms with Crippen molar-refractivity contribution in [3.63, 3.8) is 0 Å². The molecule has 0 bridgehead atoms. The first-order valence-electron chi connectivity index (χ1n) is 22.3. The summed E-state index contributed by atoms with van der Waals surface area (Å²) in [5.41, 5.74) is 0. The maximum absolute atomic E-state index is 12.7. The van der Waals surface area contributed by atoms with Gasteiger partial charge in [0.15, 0.2) is 6.10 Å². The van der Waals surface area contributed by atoms with Crippen molar-refractivity contribution in [2.45, 2.75) is 246 Å². The van der Waals surface area contributed by atoms with E-state index in [1.54, 1.807) is 0 Å². The second-order valence-electron chi connectivity index (χ2n) is 16.1. The Kier molecular flexibility index (Phi) is 37.0. The van der Waals surface area contributed by atoms with Gasteiger partial charge in [-0.3, -0.25) is 14.4 Å². The van der Waals surface area contributed by atoms with Crippen molar-refractivity contribution >= 4 is 17.9 Å². The van der Waals surface area contributed by atoms with Crippen LogP contribution in [0.3, 0.4) is 0 Å². The zero-order valence-corrected chi connectivity index (χ0v) is 34.7. The maximum atomic E-state index is 12.7. The van der Waals surface area contributed by atoms with Gasteiger partial charge < -0.3 is 14.2 Å². The third-order valence-corrected chi connectivity index (χ3v) is 10.3. The Balaban J connectivity index is 4.34. The van der Waals surface area contributed by atoms with Crippen LogP contribution >= 0.6 is 0 Å². The average molecular weight is 723 g/mol. The standard InChI is InChI=1S/C45H86O6/c1-6-8-9-10-11-12-13-14-15-16-19-25-30-35-43(46)49-38-42(51-45(48)37-32-27-20-17-18-23-28-33-40(3)4)39-50-44(47)36-31-26-22-21-24-29-34-41(5)7-2/h40-42H,6-39H2,1-5H3/t41?,42-/m1/s1. The smallest absolute Gasteiger partial charge is 0.306 e. The molecule has 6 nitrogen and oxygen atoms in total. The number of ether oxygens (including phenoxy) is 3. The van der Waals surface area contributed by atoms with E-state index in [0.29, 0.717) is 19.3 Å². The van der Waals surface area contributed by atoms with Crippen molar-refractivity contribution in [2.75, 3.05) is 13.2 Å². The molecule has 0 radical (unpaired) electrons. The third kappa shape index (κ3) is 38.0. The van der Waals surface area contributed by atoms with Gasteiger partial charge in [0.2, 0.25) is 0 Å². The molecule has 0 N–H and O–H groups in total. The molecule has 0 saturated heterocycles. The number of unbranched alkanes of at least 4 members (excludes halogenated alkanes) is 23. The predicted octanol–water partition coefficient (Wildman–Crippen LogP) is 13.8. The van der Waals surface area contributed by atoms with Gasteiger partial charge in [0, 0.05) is 19.3 Å². The molecule has 51 heavy (non-hydrogen) atoms. The Labute approximate surface area is 317 Å². The van der Waals surface area contributed by atoms with E-state index in [9.17, 15) is 14.4 Å². The lowest BCUT2D eigenvalue weighted by molar-refractivity contribution is -0.167. The molecule has 0 aromatic heterocycles. The summed E-state index contributed by atoms with van der Waals surface area (Å²) in [6, 6.07) is 0. The lowest BCUT2D eigenvalue weighted by atomic mass is 10.00. The molecule has 0 aliphatic rings. The van der Waals surface area contributed by atoms with E-state index in [4.69, 9.17) is 14.2 Å². The Morgan fingerprint density at radius 3 is 1.12 bits per heavy atom. The molecule has 0 heterocycles. The molecule has 1 unspecified atom stereocenters. The fraction of sp³-hybridized carbons (Fsp3) is 0.933. The molecule has 0 amide bonds. The van der Waals surface area contributed by atoms with Crippen LogP contribution in [-0.4, -0.2) is 37.2 Å². The Bertz CT molecular complexity index is 781. The summed E-state index contributed by atoms with van der Waals surface area (Å²) in [6.07, 6.45) is 35.2. The highest BCUT2D eigenvalue weighted by Gasteiger charge is 2.19. The second kappa shape index (κ2) is 38.1. The Morgan fingerprint density at radius 1 is 0.412 bits per heavy atom. The average Bonchev–Trinajstić information content (AvgIpc) is 3.11. The summed E-state index contributed by atoms with van der Waals surface area (Å²) in [6.45, 7) is 11.3. The molecular weight excluding hydrogens is 636 g/mol. The third-order valence-electron chi connectivity index (χ3n) is 10.3. The SMILES string of the molecule is CCCCCCCCCCCCCCCC(=O)OC[C@H](COC(=O)CCCCCCCCC(C)CC)OC(=O)CCCCCCCCCC(C)C. The van der Waals surface area contributed by atoms with Gasteiger partial charge in [-0.2, -0.15) is 0 Å². The molecule has 0 aliphatic carbocycles. The summed E-state index contributed by atoms with van der Waals surface area (Å²) in [4.78, 5) is 37.6. The highest BCUT2D eigenvalue weighted by atomic mass is 16.6. The number of carbonyl (C=O) groups is 3. The highest BCUT2D eigenvalue weighted by molar-refractivity contribution is 5.71. The molecule has 0 aromatic carbocycles. The number of esters is 3. The van der Waals surface area contributed by atoms with Gasteiger partial charge in [0.25, 0.3) is 0 Å². The minimum absolute atomic E-state index is 0.0661. The molecule has 0 rings (SSSR count). The van der Waals surface area contributed by atoms with Gasteiger partial charge in [-0.05, 0) is 31.1 Å². The van der Waals surface area contributed by atoms with Crippen molar-refractivity contribution in [1.82, 2.24) is 0 Å². The van der Waals surface area contributed by atoms with E-state index in [0.717, 1.165) is 69.6 Å². The van der Waals surface area contributed by atoms with Crippen LogP contribution in [-0.2, 0) is 28.6 Å². The molecule has 6 heteroatoms. The first-order valence-corrected chi connectivity index (χ1v) is 22.3. The van der Waals surface area contributed by atoms with Crippen molar-refractivity contribution in [3.8, 4) is 0 Å². The number of carbonyl (C=O) groups excluding carboxylic acids is 3. The second-order valence-corrected chi connectivity index (χ2v) is 16.1. The lowest BCUT2D eigenvalue weighted by Gasteiger charge is -2.18. The molecule has 0 spiro atoms. The minimum atomic E-state index is -0.761. The van der Waals surface area contributed by atoms with Crippen LogP contribution in [0.15, 0.2) is 0 Å². The minimum Gasteiger partial charge on any atom is -0.462 e. The first kappa shape index (κ1) is 49.4. The largest absolute Gasteiger partial charge is 0.462 e. The highest BCUT2D eigenvalue weighted by Crippen LogP contribution is 2.17. The monoisotopic (exact) mass is 723 g/mol. The predicted molar refractivity (Wildman–Crippen MR) is 215 cm³/mol. The van der Waals surface area contributed by atoms with E-state index < -0.39 is 6.10 Å². The van der Waals surface area contributed by atoms with Crippen LogP contribution in [0, 0.1) is 11.8 Å². The molecule has 0 saturated carbocycles. The van der Waals surface area contributed by atoms with Crippen LogP contribution in [0.1, 0.15) is 240 Å². The van der Waals surface area contributed by atoms with Crippen molar-refractivity contribution < 1.29 is 28.6 Å². The van der Waals surface area contributed by atoms with Gasteiger partial charge in [-0.1, -0.05) is 202 Å². The van der Waals surface area contributed by atoms with Gasteiger partial charge >= 0.3 is 17.9 Å². The number of hydrogen-bond acceptors (Lipinski definition) is 6. The molecule has 0 aromatic rings. The van der Waals surface area contributed by atoms with Crippen LogP contribution in [0.25, 0.3) is 0 Å². The Morgan fingerprint density at radius 2 is 0.745 bits per heavy atom. The van der Waals surface area contributed by atoms with Gasteiger partial charge in [0.05, 0.1) is 0 Å². The summed E-state index contributed by atoms with van der Waals surface area (Å²) < 4.78 is 16.7. The van der Waals surface area contributed by atoms with Gasteiger partial charge in [-0.25, -0.2) is 0 Å². The topological polar surface area (TPSA) is 78.9 Å². The summed E-state index contributed by atoms with van der Waals surface area (Å²) >= 11 is 0. The molecular formula is C45H86O6. The van der Waals surface area contributed by atoms with E-state index in [-0.39, 0.29) is 31.1 Å². The van der Waals surface area contributed by atoms with Crippen molar-refractivity contribution in [2.24, 2.45) is 11.8 Å². The van der Waals surface area contributed by atoms with E-state index >= 15 is 0 Å². The van der Waals surface area contributed by atoms with Gasteiger partial charge in [0.1, 0.15) is 13.2 Å². The van der Waals surface area contributed by atoms with Crippen LogP contribution in [0.4, 0.5) is 0 Å². The zero-order chi connectivity index (χ0) is 37.6. The van der Waals surface area contributed by atoms with Crippen LogP contribution in [0.2, 0.25) is 0 Å². The normalized spacial score (nSPS) is 12.6. The summed E-state index contributed by atoms with van der Waals surface area (Å²) in [5, 5.41) is 0. The first-order chi connectivity index (χ1) is 24.8. The van der Waals surface area contributed by atoms with Gasteiger partial charge in [-0.15, -0.1) is 0 Å². The fourth-order valence-corrected chi connectivity index (χ4v) is 6.54. The van der Waals surface area contributed by atoms with Crippen LogP contribution in [0.5, 0.6) is 0 Å². The summed E-state index contributed by atoms with van der Waals surface area (Å²) in [7, 11) is 0. The molecule has 2 atom stereocenters. The summed E-state index contributed by atoms with van der Waals surface area (Å²) in [5.74, 6) is 0.728. The number of hydrogen-bond donors (Lipinski definition) is 0. The fourth-order valence-electron chi connectivity index (χ4n) is 6.54. The van der Waals surface area contributed by atoms with E-state index in [1.165, 1.54) is 128 Å². The van der Waals surface area contributed by atoms with E-state index in [2.05, 4.69) is 34.6 Å². The van der Waals surface area contributed by atoms with Crippen molar-refractivity contribution in [3.05, 3.63) is 0 Å². The zero-order valence-electron chi connectivity index (χ0n) is 34.7. The number of rotatable bonds is 39. The lowest BCUT2D eigenvalue weighted by Crippen LogP contribution is -2.30. The van der Waals surface area contributed by atoms with Crippen LogP contribution < -0.4 is 0 Å². The molecule has 302 valence electrons. The Hall–Kier alpha value is -1.59. The van der Waals surface area contributed by atoms with Crippen molar-refractivity contribution in [1.29, 1.82) is 0 Å². The van der Waals surface area contributed by atoms with E-state index in [1.807, 2.05) is 0 Å². The maximum Gasteiger partial charge on any atom is 0.306 e. The quantitative estimate of drug-likeness (QED) is 0.0357.